The van der Waals surface area contributed by atoms with Gasteiger partial charge in [-0.2, -0.15) is 0 Å². The van der Waals surface area contributed by atoms with Gasteiger partial charge in [-0.1, -0.05) is 42.5 Å². The van der Waals surface area contributed by atoms with Crippen molar-refractivity contribution in [3.05, 3.63) is 100 Å². The molecule has 0 radical (unpaired) electrons. The zero-order chi connectivity index (χ0) is 23.4. The molecule has 0 saturated heterocycles. The monoisotopic (exact) mass is 477 g/mol. The molecule has 0 aliphatic rings. The molecule has 1 N–H and O–H groups in total. The highest BCUT2D eigenvalue weighted by Gasteiger charge is 2.21. The Balaban J connectivity index is 1.39. The van der Waals surface area contributed by atoms with Crippen molar-refractivity contribution in [2.75, 3.05) is 11.4 Å². The van der Waals surface area contributed by atoms with Crippen LogP contribution in [0.25, 0.3) is 11.3 Å². The van der Waals surface area contributed by atoms with Crippen LogP contribution in [0.3, 0.4) is 0 Å². The van der Waals surface area contributed by atoms with Gasteiger partial charge in [-0.15, -0.1) is 11.3 Å². The Kier molecular flexibility index (Phi) is 6.57. The number of sulfonamides is 1. The number of thiazole rings is 1. The summed E-state index contributed by atoms with van der Waals surface area (Å²) < 4.78 is 27.0. The zero-order valence-corrected chi connectivity index (χ0v) is 19.9. The van der Waals surface area contributed by atoms with Gasteiger partial charge in [0.2, 0.25) is 0 Å². The number of amides is 1. The summed E-state index contributed by atoms with van der Waals surface area (Å²) in [4.78, 5) is 17.1. The molecule has 0 unspecified atom stereocenters. The smallest absolute Gasteiger partial charge is 0.264 e. The number of para-hydroxylation sites is 1. The highest BCUT2D eigenvalue weighted by Crippen LogP contribution is 2.23. The number of carbonyl (C=O) groups is 1. The third-order valence-corrected chi connectivity index (χ3v) is 7.79. The Morgan fingerprint density at radius 3 is 2.24 bits per heavy atom. The summed E-state index contributed by atoms with van der Waals surface area (Å²) in [5.41, 5.74) is 3.90. The maximum Gasteiger partial charge on any atom is 0.264 e. The van der Waals surface area contributed by atoms with E-state index in [9.17, 15) is 13.2 Å². The van der Waals surface area contributed by atoms with Crippen molar-refractivity contribution >= 4 is 33.0 Å². The minimum absolute atomic E-state index is 0.123. The summed E-state index contributed by atoms with van der Waals surface area (Å²) in [5, 5.41) is 5.91. The molecule has 4 aromatic rings. The van der Waals surface area contributed by atoms with Crippen LogP contribution in [0.5, 0.6) is 0 Å². The summed E-state index contributed by atoms with van der Waals surface area (Å²) in [7, 11) is -2.21. The van der Waals surface area contributed by atoms with Crippen LogP contribution in [-0.2, 0) is 16.6 Å². The molecule has 1 aromatic heterocycles. The maximum absolute atomic E-state index is 12.9. The number of aromatic nitrogens is 1. The van der Waals surface area contributed by atoms with E-state index in [0.717, 1.165) is 21.8 Å². The molecule has 0 atom stereocenters. The predicted octanol–water partition coefficient (Wildman–Crippen LogP) is 4.87. The lowest BCUT2D eigenvalue weighted by atomic mass is 10.1. The van der Waals surface area contributed by atoms with E-state index in [0.29, 0.717) is 17.8 Å². The molecule has 6 nitrogen and oxygen atoms in total. The molecule has 0 fully saturated rings. The van der Waals surface area contributed by atoms with Crippen molar-refractivity contribution in [2.24, 2.45) is 0 Å². The number of benzene rings is 3. The van der Waals surface area contributed by atoms with Gasteiger partial charge >= 0.3 is 0 Å². The fourth-order valence-corrected chi connectivity index (χ4v) is 5.10. The second-order valence-corrected chi connectivity index (χ2v) is 10.5. The summed E-state index contributed by atoms with van der Waals surface area (Å²) >= 11 is 1.61. The molecule has 0 aliphatic heterocycles. The standard InChI is InChI=1S/C25H23N3O3S2/c1-18-27-24(17-32-18)20-10-8-19(9-11-20)16-26-25(29)21-12-14-23(15-13-21)33(30,31)28(2)22-6-4-3-5-7-22/h3-15,17H,16H2,1-2H3,(H,26,29). The largest absolute Gasteiger partial charge is 0.348 e. The molecule has 168 valence electrons. The first-order chi connectivity index (χ1) is 15.8. The minimum Gasteiger partial charge on any atom is -0.348 e. The van der Waals surface area contributed by atoms with Gasteiger partial charge in [-0.05, 0) is 48.9 Å². The van der Waals surface area contributed by atoms with Crippen LogP contribution in [0.15, 0.2) is 89.1 Å². The van der Waals surface area contributed by atoms with E-state index < -0.39 is 10.0 Å². The molecule has 1 amide bonds. The molecule has 0 aliphatic carbocycles. The number of nitrogens with one attached hydrogen (secondary N) is 1. The summed E-state index contributed by atoms with van der Waals surface area (Å²) in [6, 6.07) is 22.7. The van der Waals surface area contributed by atoms with E-state index in [1.165, 1.54) is 35.6 Å². The second-order valence-electron chi connectivity index (χ2n) is 7.46. The Morgan fingerprint density at radius 1 is 0.970 bits per heavy atom. The SMILES string of the molecule is Cc1nc(-c2ccc(CNC(=O)c3ccc(S(=O)(=O)N(C)c4ccccc4)cc3)cc2)cs1. The van der Waals surface area contributed by atoms with Gasteiger partial charge in [-0.25, -0.2) is 13.4 Å². The van der Waals surface area contributed by atoms with Gasteiger partial charge in [0.15, 0.2) is 0 Å². The fourth-order valence-electron chi connectivity index (χ4n) is 3.29. The third kappa shape index (κ3) is 5.13. The van der Waals surface area contributed by atoms with Crippen LogP contribution in [0.2, 0.25) is 0 Å². The van der Waals surface area contributed by atoms with Gasteiger partial charge in [-0.3, -0.25) is 9.10 Å². The Labute approximate surface area is 197 Å². The lowest BCUT2D eigenvalue weighted by Crippen LogP contribution is -2.27. The molecule has 0 spiro atoms. The first kappa shape index (κ1) is 22.7. The molecule has 0 bridgehead atoms. The average molecular weight is 478 g/mol. The van der Waals surface area contributed by atoms with Crippen molar-refractivity contribution in [2.45, 2.75) is 18.4 Å². The normalized spacial score (nSPS) is 11.2. The zero-order valence-electron chi connectivity index (χ0n) is 18.2. The Bertz CT molecular complexity index is 1350. The highest BCUT2D eigenvalue weighted by molar-refractivity contribution is 7.92. The van der Waals surface area contributed by atoms with Crippen LogP contribution >= 0.6 is 11.3 Å². The van der Waals surface area contributed by atoms with E-state index in [4.69, 9.17) is 0 Å². The lowest BCUT2D eigenvalue weighted by molar-refractivity contribution is 0.0951. The van der Waals surface area contributed by atoms with Gasteiger partial charge in [0.1, 0.15) is 0 Å². The first-order valence-electron chi connectivity index (χ1n) is 10.3. The van der Waals surface area contributed by atoms with E-state index in [-0.39, 0.29) is 10.8 Å². The van der Waals surface area contributed by atoms with Crippen LogP contribution in [0, 0.1) is 6.92 Å². The molecule has 33 heavy (non-hydrogen) atoms. The van der Waals surface area contributed by atoms with Crippen molar-refractivity contribution in [1.29, 1.82) is 0 Å². The van der Waals surface area contributed by atoms with Crippen molar-refractivity contribution in [3.63, 3.8) is 0 Å². The summed E-state index contributed by atoms with van der Waals surface area (Å²) in [6.45, 7) is 2.34. The third-order valence-electron chi connectivity index (χ3n) is 5.22. The number of carbonyl (C=O) groups excluding carboxylic acids is 1. The van der Waals surface area contributed by atoms with Gasteiger partial charge in [0.05, 0.1) is 21.3 Å². The molecule has 3 aromatic carbocycles. The molecule has 1 heterocycles. The van der Waals surface area contributed by atoms with E-state index in [1.54, 1.807) is 35.6 Å². The molecular formula is C25H23N3O3S2. The first-order valence-corrected chi connectivity index (χ1v) is 12.6. The molecule has 4 rings (SSSR count). The van der Waals surface area contributed by atoms with Crippen LogP contribution in [-0.4, -0.2) is 26.4 Å². The number of aryl methyl sites for hydroxylation is 1. The van der Waals surface area contributed by atoms with Crippen molar-refractivity contribution in [3.8, 4) is 11.3 Å². The Hall–Kier alpha value is -3.49. The quantitative estimate of drug-likeness (QED) is 0.412. The predicted molar refractivity (Wildman–Crippen MR) is 132 cm³/mol. The van der Waals surface area contributed by atoms with Crippen molar-refractivity contribution in [1.82, 2.24) is 10.3 Å². The van der Waals surface area contributed by atoms with Crippen LogP contribution in [0.1, 0.15) is 20.9 Å². The maximum atomic E-state index is 12.9. The van der Waals surface area contributed by atoms with Crippen LogP contribution in [0.4, 0.5) is 5.69 Å². The van der Waals surface area contributed by atoms with Crippen molar-refractivity contribution < 1.29 is 13.2 Å². The number of nitrogens with zero attached hydrogens (tertiary/aromatic N) is 2. The van der Waals surface area contributed by atoms with E-state index in [1.807, 2.05) is 42.6 Å². The number of hydrogen-bond donors (Lipinski definition) is 1. The lowest BCUT2D eigenvalue weighted by Gasteiger charge is -2.19. The van der Waals surface area contributed by atoms with E-state index >= 15 is 0 Å². The van der Waals surface area contributed by atoms with Gasteiger partial charge in [0.25, 0.3) is 15.9 Å². The number of hydrogen-bond acceptors (Lipinski definition) is 5. The molecule has 8 heteroatoms. The number of rotatable bonds is 7. The Morgan fingerprint density at radius 2 is 1.64 bits per heavy atom. The second kappa shape index (κ2) is 9.56. The van der Waals surface area contributed by atoms with E-state index in [2.05, 4.69) is 10.3 Å². The molecular weight excluding hydrogens is 454 g/mol. The van der Waals surface area contributed by atoms with Gasteiger partial charge in [0, 0.05) is 30.1 Å². The van der Waals surface area contributed by atoms with Gasteiger partial charge < -0.3 is 5.32 Å². The summed E-state index contributed by atoms with van der Waals surface area (Å²) in [5.74, 6) is -0.269. The highest BCUT2D eigenvalue weighted by atomic mass is 32.2. The summed E-state index contributed by atoms with van der Waals surface area (Å²) in [6.07, 6.45) is 0. The molecule has 0 saturated carbocycles. The minimum atomic E-state index is -3.72. The fraction of sp³-hybridized carbons (Fsp3) is 0.120. The number of anilines is 1. The topological polar surface area (TPSA) is 79.4 Å². The van der Waals surface area contributed by atoms with Crippen LogP contribution < -0.4 is 9.62 Å². The average Bonchev–Trinajstić information content (AvgIpc) is 3.29.